The van der Waals surface area contributed by atoms with Gasteiger partial charge in [-0.25, -0.2) is 0 Å². The number of halogens is 2. The number of nitrogens with zero attached hydrogens (tertiary/aromatic N) is 2. The topological polar surface area (TPSA) is 46.9 Å². The van der Waals surface area contributed by atoms with Crippen molar-refractivity contribution in [1.82, 2.24) is 9.78 Å². The summed E-state index contributed by atoms with van der Waals surface area (Å²) >= 11 is 9.25. The van der Waals surface area contributed by atoms with Crippen molar-refractivity contribution in [2.45, 2.75) is 0 Å². The fourth-order valence-corrected chi connectivity index (χ4v) is 1.90. The zero-order chi connectivity index (χ0) is 12.4. The first-order chi connectivity index (χ1) is 8.06. The van der Waals surface area contributed by atoms with E-state index in [1.807, 2.05) is 0 Å². The molecule has 1 aromatic carbocycles. The summed E-state index contributed by atoms with van der Waals surface area (Å²) in [6.07, 6.45) is 1.75. The van der Waals surface area contributed by atoms with Crippen molar-refractivity contribution >= 4 is 39.3 Å². The molecule has 6 heteroatoms. The minimum atomic E-state index is -0.282. The zero-order valence-electron chi connectivity index (χ0n) is 8.95. The van der Waals surface area contributed by atoms with E-state index in [0.29, 0.717) is 16.4 Å². The van der Waals surface area contributed by atoms with Crippen LogP contribution in [-0.4, -0.2) is 15.7 Å². The van der Waals surface area contributed by atoms with E-state index in [-0.39, 0.29) is 5.91 Å². The molecule has 0 bridgehead atoms. The third kappa shape index (κ3) is 2.87. The van der Waals surface area contributed by atoms with E-state index in [4.69, 9.17) is 11.6 Å². The number of hydrogen-bond donors (Lipinski definition) is 1. The van der Waals surface area contributed by atoms with Crippen LogP contribution in [0.4, 0.5) is 5.82 Å². The molecule has 2 aromatic rings. The van der Waals surface area contributed by atoms with Gasteiger partial charge in [0.25, 0.3) is 5.91 Å². The summed E-state index contributed by atoms with van der Waals surface area (Å²) in [4.78, 5) is 11.9. The molecular formula is C11H9BrClN3O. The van der Waals surface area contributed by atoms with Crippen molar-refractivity contribution in [3.8, 4) is 0 Å². The molecule has 0 aliphatic heterocycles. The maximum atomic E-state index is 11.9. The number of amides is 1. The lowest BCUT2D eigenvalue weighted by Crippen LogP contribution is -2.13. The van der Waals surface area contributed by atoms with Gasteiger partial charge in [0, 0.05) is 23.8 Å². The van der Waals surface area contributed by atoms with E-state index < -0.39 is 0 Å². The quantitative estimate of drug-likeness (QED) is 0.926. The molecule has 0 unspecified atom stereocenters. The highest BCUT2D eigenvalue weighted by Crippen LogP contribution is 2.21. The summed E-state index contributed by atoms with van der Waals surface area (Å²) in [5.74, 6) is 0.212. The van der Waals surface area contributed by atoms with Gasteiger partial charge in [0.05, 0.1) is 10.6 Å². The SMILES string of the molecule is Cn1ccc(NC(=O)c2cc(Br)ccc2Cl)n1. The van der Waals surface area contributed by atoms with Crippen molar-refractivity contribution < 1.29 is 4.79 Å². The minimum absolute atomic E-state index is 0.282. The van der Waals surface area contributed by atoms with Gasteiger partial charge in [0.2, 0.25) is 0 Å². The lowest BCUT2D eigenvalue weighted by atomic mass is 10.2. The van der Waals surface area contributed by atoms with Gasteiger partial charge in [-0.2, -0.15) is 5.10 Å². The van der Waals surface area contributed by atoms with Crippen molar-refractivity contribution in [3.63, 3.8) is 0 Å². The predicted octanol–water partition coefficient (Wildman–Crippen LogP) is 3.09. The summed E-state index contributed by atoms with van der Waals surface area (Å²) in [6, 6.07) is 6.82. The minimum Gasteiger partial charge on any atom is -0.305 e. The second-order valence-electron chi connectivity index (χ2n) is 3.45. The number of rotatable bonds is 2. The van der Waals surface area contributed by atoms with E-state index in [9.17, 15) is 4.79 Å². The average Bonchev–Trinajstić information content (AvgIpc) is 2.67. The van der Waals surface area contributed by atoms with Gasteiger partial charge in [0.15, 0.2) is 5.82 Å². The average molecular weight is 315 g/mol. The third-order valence-electron chi connectivity index (χ3n) is 2.13. The highest BCUT2D eigenvalue weighted by molar-refractivity contribution is 9.10. The van der Waals surface area contributed by atoms with Crippen LogP contribution in [0.2, 0.25) is 5.02 Å². The maximum absolute atomic E-state index is 11.9. The van der Waals surface area contributed by atoms with E-state index in [0.717, 1.165) is 4.47 Å². The zero-order valence-corrected chi connectivity index (χ0v) is 11.3. The summed E-state index contributed by atoms with van der Waals surface area (Å²) in [5.41, 5.74) is 0.409. The highest BCUT2D eigenvalue weighted by Gasteiger charge is 2.12. The Labute approximate surface area is 112 Å². The molecular weight excluding hydrogens is 305 g/mol. The Morgan fingerprint density at radius 1 is 1.47 bits per heavy atom. The molecule has 0 radical (unpaired) electrons. The van der Waals surface area contributed by atoms with Crippen LogP contribution in [0.3, 0.4) is 0 Å². The molecule has 1 amide bonds. The number of carbonyl (C=O) groups is 1. The first-order valence-electron chi connectivity index (χ1n) is 4.82. The fraction of sp³-hybridized carbons (Fsp3) is 0.0909. The molecule has 1 N–H and O–H groups in total. The largest absolute Gasteiger partial charge is 0.305 e. The normalized spacial score (nSPS) is 10.3. The monoisotopic (exact) mass is 313 g/mol. The Morgan fingerprint density at radius 2 is 2.24 bits per heavy atom. The third-order valence-corrected chi connectivity index (χ3v) is 2.95. The molecule has 0 atom stereocenters. The highest BCUT2D eigenvalue weighted by atomic mass is 79.9. The summed E-state index contributed by atoms with van der Waals surface area (Å²) in [7, 11) is 1.78. The second kappa shape index (κ2) is 4.89. The molecule has 0 aliphatic carbocycles. The van der Waals surface area contributed by atoms with Gasteiger partial charge in [-0.3, -0.25) is 9.48 Å². The van der Waals surface area contributed by atoms with Gasteiger partial charge < -0.3 is 5.32 Å². The van der Waals surface area contributed by atoms with Crippen molar-refractivity contribution in [1.29, 1.82) is 0 Å². The van der Waals surface area contributed by atoms with Crippen molar-refractivity contribution in [3.05, 3.63) is 45.5 Å². The number of aromatic nitrogens is 2. The van der Waals surface area contributed by atoms with E-state index in [1.54, 1.807) is 42.2 Å². The first kappa shape index (κ1) is 12.1. The molecule has 1 aromatic heterocycles. The van der Waals surface area contributed by atoms with E-state index in [1.165, 1.54) is 0 Å². The van der Waals surface area contributed by atoms with Gasteiger partial charge in [-0.1, -0.05) is 27.5 Å². The Morgan fingerprint density at radius 3 is 2.88 bits per heavy atom. The van der Waals surface area contributed by atoms with Crippen LogP contribution in [0.5, 0.6) is 0 Å². The summed E-state index contributed by atoms with van der Waals surface area (Å²) in [5, 5.41) is 7.13. The lowest BCUT2D eigenvalue weighted by molar-refractivity contribution is 0.102. The summed E-state index contributed by atoms with van der Waals surface area (Å²) in [6.45, 7) is 0. The van der Waals surface area contributed by atoms with Crippen LogP contribution < -0.4 is 5.32 Å². The Hall–Kier alpha value is -1.33. The Balaban J connectivity index is 2.22. The second-order valence-corrected chi connectivity index (χ2v) is 4.78. The molecule has 4 nitrogen and oxygen atoms in total. The smallest absolute Gasteiger partial charge is 0.258 e. The van der Waals surface area contributed by atoms with Gasteiger partial charge in [-0.15, -0.1) is 0 Å². The van der Waals surface area contributed by atoms with Crippen LogP contribution in [0.15, 0.2) is 34.9 Å². The number of carbonyl (C=O) groups excluding carboxylic acids is 1. The number of aryl methyl sites for hydroxylation is 1. The molecule has 0 spiro atoms. The number of hydrogen-bond acceptors (Lipinski definition) is 2. The molecule has 0 saturated heterocycles. The molecule has 0 fully saturated rings. The molecule has 2 rings (SSSR count). The molecule has 0 aliphatic rings. The molecule has 0 saturated carbocycles. The van der Waals surface area contributed by atoms with E-state index in [2.05, 4.69) is 26.3 Å². The fourth-order valence-electron chi connectivity index (χ4n) is 1.34. The molecule has 88 valence electrons. The van der Waals surface area contributed by atoms with Crippen LogP contribution in [-0.2, 0) is 7.05 Å². The van der Waals surface area contributed by atoms with Crippen LogP contribution in [0, 0.1) is 0 Å². The van der Waals surface area contributed by atoms with Crippen LogP contribution in [0.1, 0.15) is 10.4 Å². The number of anilines is 1. The first-order valence-corrected chi connectivity index (χ1v) is 5.99. The van der Waals surface area contributed by atoms with Gasteiger partial charge in [-0.05, 0) is 18.2 Å². The Bertz CT molecular complexity index is 568. The number of benzene rings is 1. The Kier molecular flexibility index (Phi) is 3.49. The molecule has 17 heavy (non-hydrogen) atoms. The standard InChI is InChI=1S/C11H9BrClN3O/c1-16-5-4-10(15-16)14-11(17)8-6-7(12)2-3-9(8)13/h2-6H,1H3,(H,14,15,17). The van der Waals surface area contributed by atoms with Crippen LogP contribution in [0.25, 0.3) is 0 Å². The van der Waals surface area contributed by atoms with Crippen molar-refractivity contribution in [2.24, 2.45) is 7.05 Å². The number of nitrogens with one attached hydrogen (secondary N) is 1. The maximum Gasteiger partial charge on any atom is 0.258 e. The molecule has 1 heterocycles. The summed E-state index contributed by atoms with van der Waals surface area (Å²) < 4.78 is 2.41. The van der Waals surface area contributed by atoms with Crippen LogP contribution >= 0.6 is 27.5 Å². The van der Waals surface area contributed by atoms with Crippen molar-refractivity contribution in [2.75, 3.05) is 5.32 Å². The van der Waals surface area contributed by atoms with Gasteiger partial charge in [0.1, 0.15) is 0 Å². The lowest BCUT2D eigenvalue weighted by Gasteiger charge is -2.04. The van der Waals surface area contributed by atoms with Gasteiger partial charge >= 0.3 is 0 Å². The van der Waals surface area contributed by atoms with E-state index >= 15 is 0 Å². The predicted molar refractivity (Wildman–Crippen MR) is 70.3 cm³/mol.